The summed E-state index contributed by atoms with van der Waals surface area (Å²) in [5.41, 5.74) is 0.822. The van der Waals surface area contributed by atoms with Crippen LogP contribution in [0.15, 0.2) is 53.4 Å². The van der Waals surface area contributed by atoms with E-state index in [0.717, 1.165) is 12.8 Å². The van der Waals surface area contributed by atoms with Crippen LogP contribution in [0.1, 0.15) is 36.0 Å². The van der Waals surface area contributed by atoms with E-state index in [-0.39, 0.29) is 17.3 Å². The Kier molecular flexibility index (Phi) is 6.31. The fourth-order valence-corrected chi connectivity index (χ4v) is 5.90. The van der Waals surface area contributed by atoms with E-state index in [9.17, 15) is 18.0 Å². The Bertz CT molecular complexity index is 1080. The monoisotopic (exact) mass is 461 g/mol. The molecule has 0 radical (unpaired) electrons. The van der Waals surface area contributed by atoms with Crippen molar-refractivity contribution in [3.63, 3.8) is 0 Å². The van der Waals surface area contributed by atoms with Gasteiger partial charge in [-0.2, -0.15) is 4.31 Å². The third-order valence-electron chi connectivity index (χ3n) is 5.74. The number of carbonyl (C=O) groups excluding carboxylic acids is 2. The van der Waals surface area contributed by atoms with Crippen molar-refractivity contribution >= 4 is 39.1 Å². The minimum atomic E-state index is -3.84. The average Bonchev–Trinajstić information content (AvgIpc) is 3.46. The lowest BCUT2D eigenvalue weighted by Gasteiger charge is -2.24. The van der Waals surface area contributed by atoms with E-state index in [4.69, 9.17) is 11.6 Å². The highest BCUT2D eigenvalue weighted by Crippen LogP contribution is 2.28. The Morgan fingerprint density at radius 2 is 1.61 bits per heavy atom. The van der Waals surface area contributed by atoms with Gasteiger partial charge >= 0.3 is 0 Å². The maximum Gasteiger partial charge on any atom is 0.255 e. The third-order valence-corrected chi connectivity index (χ3v) is 7.91. The zero-order valence-electron chi connectivity index (χ0n) is 17.0. The third kappa shape index (κ3) is 4.46. The maximum absolute atomic E-state index is 13.1. The topological polar surface area (TPSA) is 86.8 Å². The van der Waals surface area contributed by atoms with Gasteiger partial charge in [-0.05, 0) is 62.1 Å². The number of para-hydroxylation sites is 1. The number of rotatable bonds is 5. The lowest BCUT2D eigenvalue weighted by Crippen LogP contribution is -2.43. The molecular weight excluding hydrogens is 438 g/mol. The predicted octanol–water partition coefficient (Wildman–Crippen LogP) is 3.37. The first kappa shape index (κ1) is 21.8. The van der Waals surface area contributed by atoms with Crippen LogP contribution in [0.5, 0.6) is 0 Å². The highest BCUT2D eigenvalue weighted by atomic mass is 35.5. The van der Waals surface area contributed by atoms with Crippen molar-refractivity contribution in [2.45, 2.75) is 36.6 Å². The lowest BCUT2D eigenvalue weighted by molar-refractivity contribution is -0.119. The van der Waals surface area contributed by atoms with Gasteiger partial charge in [0.1, 0.15) is 6.04 Å². The van der Waals surface area contributed by atoms with Gasteiger partial charge in [0, 0.05) is 24.7 Å². The summed E-state index contributed by atoms with van der Waals surface area (Å²) in [7, 11) is -3.84. The van der Waals surface area contributed by atoms with Crippen molar-refractivity contribution in [2.75, 3.05) is 25.0 Å². The Morgan fingerprint density at radius 1 is 0.935 bits per heavy atom. The molecule has 2 aromatic rings. The van der Waals surface area contributed by atoms with Crippen molar-refractivity contribution in [3.8, 4) is 0 Å². The zero-order chi connectivity index (χ0) is 22.0. The summed E-state index contributed by atoms with van der Waals surface area (Å²) in [5.74, 6) is -0.554. The van der Waals surface area contributed by atoms with Crippen LogP contribution in [0.2, 0.25) is 5.02 Å². The number of halogens is 1. The van der Waals surface area contributed by atoms with Gasteiger partial charge in [0.15, 0.2) is 0 Å². The first-order chi connectivity index (χ1) is 14.9. The van der Waals surface area contributed by atoms with E-state index in [1.54, 1.807) is 29.2 Å². The van der Waals surface area contributed by atoms with Crippen molar-refractivity contribution in [1.29, 1.82) is 0 Å². The molecule has 0 saturated carbocycles. The Balaban J connectivity index is 1.55. The molecule has 0 spiro atoms. The molecule has 0 aliphatic carbocycles. The van der Waals surface area contributed by atoms with Gasteiger partial charge in [-0.1, -0.05) is 23.7 Å². The number of nitrogens with zero attached hydrogens (tertiary/aromatic N) is 2. The van der Waals surface area contributed by atoms with E-state index >= 15 is 0 Å². The molecule has 2 aliphatic rings. The zero-order valence-corrected chi connectivity index (χ0v) is 18.5. The SMILES string of the molecule is O=C(Nc1ccccc1C(=O)N1CCCC1)C1CCCN1S(=O)(=O)c1ccc(Cl)cc1. The largest absolute Gasteiger partial charge is 0.339 e. The molecule has 7 nitrogen and oxygen atoms in total. The van der Waals surface area contributed by atoms with Crippen LogP contribution in [0, 0.1) is 0 Å². The molecule has 2 aromatic carbocycles. The molecule has 4 rings (SSSR count). The molecule has 1 unspecified atom stereocenters. The number of likely N-dealkylation sites (tertiary alicyclic amines) is 1. The van der Waals surface area contributed by atoms with E-state index in [2.05, 4.69) is 5.32 Å². The molecule has 0 bridgehead atoms. The summed E-state index contributed by atoms with van der Waals surface area (Å²) in [5, 5.41) is 3.24. The lowest BCUT2D eigenvalue weighted by atomic mass is 10.1. The molecular formula is C22H24ClN3O4S. The summed E-state index contributed by atoms with van der Waals surface area (Å²) in [6.07, 6.45) is 2.94. The van der Waals surface area contributed by atoms with Gasteiger partial charge in [-0.3, -0.25) is 9.59 Å². The molecule has 2 heterocycles. The maximum atomic E-state index is 13.1. The summed E-state index contributed by atoms with van der Waals surface area (Å²) in [6.45, 7) is 1.67. The van der Waals surface area contributed by atoms with Crippen LogP contribution in [-0.4, -0.2) is 55.1 Å². The molecule has 9 heteroatoms. The highest BCUT2D eigenvalue weighted by Gasteiger charge is 2.39. The Hall–Kier alpha value is -2.42. The molecule has 0 aromatic heterocycles. The van der Waals surface area contributed by atoms with Gasteiger partial charge in [0.25, 0.3) is 5.91 Å². The molecule has 1 atom stereocenters. The van der Waals surface area contributed by atoms with Crippen LogP contribution >= 0.6 is 11.6 Å². The van der Waals surface area contributed by atoms with Crippen molar-refractivity contribution < 1.29 is 18.0 Å². The molecule has 31 heavy (non-hydrogen) atoms. The molecule has 2 amide bonds. The molecule has 2 aliphatic heterocycles. The Labute approximate surface area is 187 Å². The van der Waals surface area contributed by atoms with Crippen molar-refractivity contribution in [3.05, 3.63) is 59.1 Å². The average molecular weight is 462 g/mol. The number of nitrogens with one attached hydrogen (secondary N) is 1. The van der Waals surface area contributed by atoms with Crippen LogP contribution in [-0.2, 0) is 14.8 Å². The summed E-state index contributed by atoms with van der Waals surface area (Å²) in [4.78, 5) is 27.8. The number of amides is 2. The molecule has 1 N–H and O–H groups in total. The van der Waals surface area contributed by atoms with E-state index < -0.39 is 22.0 Å². The molecule has 2 fully saturated rings. The van der Waals surface area contributed by atoms with E-state index in [1.165, 1.54) is 28.6 Å². The summed E-state index contributed by atoms with van der Waals surface area (Å²) < 4.78 is 27.4. The number of hydrogen-bond acceptors (Lipinski definition) is 4. The van der Waals surface area contributed by atoms with Crippen LogP contribution in [0.3, 0.4) is 0 Å². The standard InChI is InChI=1S/C22H24ClN3O4S/c23-16-9-11-17(12-10-16)31(29,30)26-15-5-8-20(26)21(27)24-19-7-2-1-6-18(19)22(28)25-13-3-4-14-25/h1-2,6-7,9-12,20H,3-5,8,13-15H2,(H,24,27). The summed E-state index contributed by atoms with van der Waals surface area (Å²) in [6, 6.07) is 11.9. The van der Waals surface area contributed by atoms with Gasteiger partial charge < -0.3 is 10.2 Å². The van der Waals surface area contributed by atoms with Gasteiger partial charge in [-0.15, -0.1) is 0 Å². The minimum Gasteiger partial charge on any atom is -0.339 e. The van der Waals surface area contributed by atoms with Crippen LogP contribution in [0.4, 0.5) is 5.69 Å². The second kappa shape index (κ2) is 8.98. The van der Waals surface area contributed by atoms with Crippen LogP contribution < -0.4 is 5.32 Å². The normalized spacial score (nSPS) is 19.5. The Morgan fingerprint density at radius 3 is 2.32 bits per heavy atom. The highest BCUT2D eigenvalue weighted by molar-refractivity contribution is 7.89. The van der Waals surface area contributed by atoms with Crippen molar-refractivity contribution in [2.24, 2.45) is 0 Å². The predicted molar refractivity (Wildman–Crippen MR) is 119 cm³/mol. The second-order valence-electron chi connectivity index (χ2n) is 7.76. The first-order valence-electron chi connectivity index (χ1n) is 10.3. The smallest absolute Gasteiger partial charge is 0.255 e. The fraction of sp³-hybridized carbons (Fsp3) is 0.364. The van der Waals surface area contributed by atoms with E-state index in [0.29, 0.717) is 42.2 Å². The summed E-state index contributed by atoms with van der Waals surface area (Å²) >= 11 is 5.87. The second-order valence-corrected chi connectivity index (χ2v) is 10.1. The van der Waals surface area contributed by atoms with Crippen LogP contribution in [0.25, 0.3) is 0 Å². The quantitative estimate of drug-likeness (QED) is 0.739. The number of hydrogen-bond donors (Lipinski definition) is 1. The minimum absolute atomic E-state index is 0.0983. The number of anilines is 1. The fourth-order valence-electron chi connectivity index (χ4n) is 4.12. The van der Waals surface area contributed by atoms with Crippen molar-refractivity contribution in [1.82, 2.24) is 9.21 Å². The van der Waals surface area contributed by atoms with E-state index in [1.807, 2.05) is 0 Å². The van der Waals surface area contributed by atoms with Gasteiger partial charge in [0.2, 0.25) is 15.9 Å². The number of carbonyl (C=O) groups is 2. The number of sulfonamides is 1. The number of benzene rings is 2. The first-order valence-corrected chi connectivity index (χ1v) is 12.2. The molecule has 2 saturated heterocycles. The van der Waals surface area contributed by atoms with Gasteiger partial charge in [-0.25, -0.2) is 8.42 Å². The molecule has 164 valence electrons. The van der Waals surface area contributed by atoms with Gasteiger partial charge in [0.05, 0.1) is 16.1 Å².